The van der Waals surface area contributed by atoms with Gasteiger partial charge in [-0.15, -0.1) is 0 Å². The number of aliphatic hydroxyl groups excluding tert-OH is 2. The number of hydrogen-bond acceptors (Lipinski definition) is 37. The number of aromatic nitrogens is 3. The quantitative estimate of drug-likeness (QED) is 0.0428. The number of fused-ring (bicyclic) bond motifs is 6. The van der Waals surface area contributed by atoms with Crippen molar-refractivity contribution in [1.82, 2.24) is 34.1 Å². The molecule has 16 rings (SSSR count). The van der Waals surface area contributed by atoms with Gasteiger partial charge in [-0.05, 0) is 31.2 Å². The van der Waals surface area contributed by atoms with E-state index in [2.05, 4.69) is 34.0 Å². The molecule has 4 amide bonds. The summed E-state index contributed by atoms with van der Waals surface area (Å²) >= 11 is 0. The van der Waals surface area contributed by atoms with Crippen LogP contribution in [0.15, 0.2) is 103 Å². The summed E-state index contributed by atoms with van der Waals surface area (Å²) in [5.74, 6) is -9.72. The van der Waals surface area contributed by atoms with Gasteiger partial charge in [0.25, 0.3) is 17.7 Å². The molecule has 13 N–H and O–H groups in total. The summed E-state index contributed by atoms with van der Waals surface area (Å²) in [5, 5.41) is 32.9. The number of likely N-dealkylation sites (N-methyl/N-ethyl adjacent to an activating group) is 2. The topological polar surface area (TPSA) is 609 Å². The number of nitrogens with two attached hydrogens (primary N) is 4. The maximum Gasteiger partial charge on any atom is 0.407 e. The van der Waals surface area contributed by atoms with Crippen LogP contribution in [-0.2, 0) is 91.0 Å². The third-order valence-corrected chi connectivity index (χ3v) is 22.9. The third-order valence-electron chi connectivity index (χ3n) is 22.9. The zero-order valence-corrected chi connectivity index (χ0v) is 79.0. The number of halogens is 6. The van der Waals surface area contributed by atoms with Crippen LogP contribution in [-0.4, -0.2) is 291 Å². The molecule has 50 heteroatoms. The van der Waals surface area contributed by atoms with Crippen molar-refractivity contribution in [3.05, 3.63) is 217 Å². The first-order chi connectivity index (χ1) is 67.0. The fourth-order valence-corrected chi connectivity index (χ4v) is 14.5. The highest BCUT2D eigenvalue weighted by molar-refractivity contribution is 6.00. The van der Waals surface area contributed by atoms with E-state index in [1.165, 1.54) is 71.6 Å². The molecule has 772 valence electrons. The number of benzene rings is 3. The van der Waals surface area contributed by atoms with Gasteiger partial charge in [-0.3, -0.25) is 33.6 Å². The predicted octanol–water partition coefficient (Wildman–Crippen LogP) is 2.23. The van der Waals surface area contributed by atoms with Gasteiger partial charge in [-0.1, -0.05) is 51.1 Å². The van der Waals surface area contributed by atoms with Crippen LogP contribution in [0.4, 0.5) is 31.1 Å². The second kappa shape index (κ2) is 56.1. The number of hydrogen-bond donors (Lipinski definition) is 9. The average molecular weight is 2000 g/mol. The van der Waals surface area contributed by atoms with Crippen LogP contribution >= 0.6 is 0 Å². The zero-order valence-electron chi connectivity index (χ0n) is 79.0. The van der Waals surface area contributed by atoms with E-state index in [-0.39, 0.29) is 145 Å². The van der Waals surface area contributed by atoms with E-state index < -0.39 is 134 Å². The van der Waals surface area contributed by atoms with E-state index in [1.807, 2.05) is 37.3 Å². The molecule has 9 aliphatic rings. The van der Waals surface area contributed by atoms with E-state index in [0.29, 0.717) is 98.6 Å². The van der Waals surface area contributed by atoms with Crippen molar-refractivity contribution in [2.45, 2.75) is 121 Å². The van der Waals surface area contributed by atoms with Gasteiger partial charge >= 0.3 is 36.3 Å². The molecule has 44 nitrogen and oxygen atoms in total. The summed E-state index contributed by atoms with van der Waals surface area (Å²) in [6.45, 7) is 15.8. The number of ether oxygens (including phenoxy) is 14. The molecule has 0 unspecified atom stereocenters. The van der Waals surface area contributed by atoms with Crippen LogP contribution in [0.3, 0.4) is 0 Å². The Morgan fingerprint density at radius 1 is 0.475 bits per heavy atom. The zero-order chi connectivity index (χ0) is 105. The molecule has 0 saturated carbocycles. The molecule has 4 aromatic heterocycles. The van der Waals surface area contributed by atoms with Crippen LogP contribution < -0.4 is 69.5 Å². The van der Waals surface area contributed by atoms with Crippen molar-refractivity contribution >= 4 is 54.0 Å². The van der Waals surface area contributed by atoms with Crippen molar-refractivity contribution in [3.63, 3.8) is 0 Å². The minimum Gasteiger partial charge on any atom is -0.503 e. The number of carbonyl (C=O) groups is 7. The molecule has 14 atom stereocenters. The smallest absolute Gasteiger partial charge is 0.407 e. The normalized spacial score (nSPS) is 21.9. The largest absolute Gasteiger partial charge is 0.503 e. The fraction of sp³-hybridized carbons (Fsp3) is 0.484. The molecular formula is C91H113F6N11O33. The van der Waals surface area contributed by atoms with E-state index in [0.717, 1.165) is 51.1 Å². The van der Waals surface area contributed by atoms with E-state index in [1.54, 1.807) is 34.9 Å². The van der Waals surface area contributed by atoms with Crippen molar-refractivity contribution in [3.8, 4) is 23.0 Å². The van der Waals surface area contributed by atoms with Crippen LogP contribution in [0.2, 0.25) is 0 Å². The van der Waals surface area contributed by atoms with Crippen molar-refractivity contribution in [1.29, 1.82) is 0 Å². The van der Waals surface area contributed by atoms with Gasteiger partial charge < -0.3 is 143 Å². The Kier molecular flexibility index (Phi) is 46.3. The Bertz CT molecular complexity index is 5620. The number of pyridine rings is 3. The van der Waals surface area contributed by atoms with Gasteiger partial charge in [0.15, 0.2) is 28.6 Å². The molecule has 0 spiro atoms. The third kappa shape index (κ3) is 30.5. The highest BCUT2D eigenvalue weighted by Crippen LogP contribution is 2.37. The van der Waals surface area contributed by atoms with Crippen LogP contribution in [0.1, 0.15) is 129 Å². The van der Waals surface area contributed by atoms with E-state index in [4.69, 9.17) is 114 Å². The summed E-state index contributed by atoms with van der Waals surface area (Å²) in [6.07, 6.45) is 4.24. The first kappa shape index (κ1) is 116. The maximum absolute atomic E-state index is 13.8. The van der Waals surface area contributed by atoms with Crippen molar-refractivity contribution in [2.75, 3.05) is 149 Å². The number of amides is 4. The summed E-state index contributed by atoms with van der Waals surface area (Å²) in [5.41, 5.74) is 18.0. The molecule has 3 aromatic carbocycles. The minimum atomic E-state index is -1.20. The number of esters is 3. The molecule has 141 heavy (non-hydrogen) atoms. The van der Waals surface area contributed by atoms with Crippen LogP contribution in [0.5, 0.6) is 23.0 Å². The van der Waals surface area contributed by atoms with Gasteiger partial charge in [0.1, 0.15) is 75.8 Å². The summed E-state index contributed by atoms with van der Waals surface area (Å²) in [4.78, 5) is 169. The van der Waals surface area contributed by atoms with E-state index >= 15 is 0 Å². The van der Waals surface area contributed by atoms with Crippen LogP contribution in [0.25, 0.3) is 0 Å². The number of rotatable bonds is 14. The summed E-state index contributed by atoms with van der Waals surface area (Å²) in [7, 11) is 10.8. The van der Waals surface area contributed by atoms with E-state index in [9.17, 15) is 84.2 Å². The van der Waals surface area contributed by atoms with Gasteiger partial charge in [0.05, 0.1) is 195 Å². The Morgan fingerprint density at radius 2 is 0.872 bits per heavy atom. The first-order valence-corrected chi connectivity index (χ1v) is 42.9. The van der Waals surface area contributed by atoms with Gasteiger partial charge in [-0.25, -0.2) is 45.5 Å². The number of aliphatic hydroxyl groups is 2. The van der Waals surface area contributed by atoms with Gasteiger partial charge in [-0.2, -0.15) is 19.2 Å². The number of nitrogens with one attached hydrogen (secondary N) is 2. The van der Waals surface area contributed by atoms with Gasteiger partial charge in [0, 0.05) is 99.2 Å². The Labute approximate surface area is 801 Å². The molecular weight excluding hydrogens is 1890 g/mol. The monoisotopic (exact) mass is 2000 g/mol. The Hall–Kier alpha value is -13.4. The standard InChI is InChI=1S/C21H24N2O7.C19H16F3N3O5.C14H16N2O6.C9H10O5.C7H6F3N.2C5H11NO.C5H10O2.C4H9NO2.2CO2/c1-13-19(27-2)18(24)15(20(25)28-3)9-23(13)17-12-29-11-16(17)22-21(26)30-10-14-7-5-4-6-8-14;1-24-13-6-30-7-14(13)25-5-10(16(26)17(27)15(25)19(24)29)18(28)23-4-9-11(21)2-8(20)3-12(9)22;1-15-8-5-22-6-9(8)16-4-7(14(19)21-3)11(17)12(20-2)10(16)13(15)18;1-5-8(12-2)7(10)6(4-14-5)9(11)13-3;8-4-1-6(9)5(3-11)7(10)2-4;3*1-4-2-7-3-5(4)6;5-3-1-7-2-4(3)6;2*2-1-3/h4-9,16-17H,10-12H2,1-3H3,(H,22,26);2-3,5,13-14,27H,4,6-7H2,1H3,(H,23,28);4,8-9H,5-6H2,1-3H3;4H,1-3H3;1-2H,3,11H2;2*4-5H,2-3,6H2,1H3;4-6H,2-3H2,1H3;3-4,6H,1-2,5H2;;/t16-,17+;13-,14+;8-,9+;;;2*4-,5+;4-,5-;3-,4-;;/m111..1111../s1. The molecule has 7 aromatic rings. The lowest BCUT2D eigenvalue weighted by Gasteiger charge is -2.37. The molecule has 13 heterocycles. The Morgan fingerprint density at radius 3 is 1.28 bits per heavy atom. The molecule has 0 aliphatic carbocycles. The SMILES string of the molecule is CN1C(=O)c2c(O)c(=O)c(C(=O)NCc3c(F)cc(F)cc3F)cn2[C@H]2COC[C@H]21.COC(=O)c1cn([C@H]2COC[C@H]2NC(=O)OCc2ccccc2)c(C)c(OC)c1=O.COC(=O)c1cn2c(c(OC)c1=O)C(=O)N(C)[C@@H]1COC[C@@H]12.COC(=O)c1coc(C)c(OC)c1=O.C[C@@H]1COC[C@@H]1N.C[C@@H]1COC[C@@H]1N.C[C@@H]1COC[C@H]1O.NCc1c(F)cc(F)cc1F.N[C@@H]1COC[C@H]1O.O=C=O.O=C=O. The van der Waals surface area contributed by atoms with Crippen molar-refractivity contribution in [2.24, 2.45) is 40.7 Å². The van der Waals surface area contributed by atoms with Gasteiger partial charge in [0.2, 0.25) is 27.5 Å². The highest BCUT2D eigenvalue weighted by atomic mass is 19.2. The second-order valence-corrected chi connectivity index (χ2v) is 32.1. The predicted molar refractivity (Wildman–Crippen MR) is 475 cm³/mol. The number of nitrogens with zero attached hydrogens (tertiary/aromatic N) is 5. The summed E-state index contributed by atoms with van der Waals surface area (Å²) < 4.78 is 158. The molecule has 7 saturated heterocycles. The number of alkyl carbamates (subject to hydrolysis) is 1. The van der Waals surface area contributed by atoms with Crippen LogP contribution in [0, 0.1) is 66.5 Å². The molecule has 0 radical (unpaired) electrons. The Balaban J connectivity index is 0.000000254. The van der Waals surface area contributed by atoms with Crippen molar-refractivity contribution < 1.29 is 165 Å². The first-order valence-electron chi connectivity index (χ1n) is 42.9. The number of aromatic hydroxyl groups is 1. The maximum atomic E-state index is 13.8. The summed E-state index contributed by atoms with van der Waals surface area (Å²) in [6, 6.07) is 10.0. The fourth-order valence-electron chi connectivity index (χ4n) is 14.5. The number of aryl methyl sites for hydroxylation is 1. The molecule has 0 bridgehead atoms. The molecule has 9 aliphatic heterocycles. The second-order valence-electron chi connectivity index (χ2n) is 32.1. The lowest BCUT2D eigenvalue weighted by atomic mass is 10.0. The molecule has 7 fully saturated rings. The number of carbonyl (C=O) groups excluding carboxylic acids is 11. The minimum absolute atomic E-state index is 0.0212. The number of methoxy groups -OCH3 is 6. The highest BCUT2D eigenvalue weighted by Gasteiger charge is 2.46. The lowest BCUT2D eigenvalue weighted by molar-refractivity contribution is -0.193. The lowest BCUT2D eigenvalue weighted by Crippen LogP contribution is -2.49. The average Bonchev–Trinajstić information content (AvgIpc) is 1.65.